The number of hydrogen-bond donors (Lipinski definition) is 0. The first-order chi connectivity index (χ1) is 16.8. The summed E-state index contributed by atoms with van der Waals surface area (Å²) in [5.41, 5.74) is 3.25. The molecule has 0 saturated heterocycles. The van der Waals surface area contributed by atoms with Crippen LogP contribution in [0.5, 0.6) is 0 Å². The van der Waals surface area contributed by atoms with E-state index in [2.05, 4.69) is 30.4 Å². The van der Waals surface area contributed by atoms with E-state index in [9.17, 15) is 0 Å². The molecule has 7 heterocycles. The van der Waals surface area contributed by atoms with Crippen LogP contribution in [0.15, 0.2) is 67.3 Å². The first-order valence-electron chi connectivity index (χ1n) is 10.1. The van der Waals surface area contributed by atoms with E-state index in [4.69, 9.17) is 15.2 Å². The lowest BCUT2D eigenvalue weighted by molar-refractivity contribution is 0.961. The van der Waals surface area contributed by atoms with Crippen LogP contribution in [0, 0.1) is 0 Å². The van der Waals surface area contributed by atoms with Gasteiger partial charge in [-0.1, -0.05) is 28.7 Å². The minimum atomic E-state index is 0.661. The molecular weight excluding hydrogens is 470 g/mol. The van der Waals surface area contributed by atoms with Crippen LogP contribution in [0.25, 0.3) is 54.1 Å². The highest BCUT2D eigenvalue weighted by molar-refractivity contribution is 7.20. The van der Waals surface area contributed by atoms with Crippen molar-refractivity contribution in [3.8, 4) is 44.2 Å². The topological polar surface area (TPSA) is 125 Å². The van der Waals surface area contributed by atoms with Gasteiger partial charge < -0.3 is 0 Å². The van der Waals surface area contributed by atoms with Crippen molar-refractivity contribution in [1.29, 1.82) is 0 Å². The highest BCUT2D eigenvalue weighted by atomic mass is 32.1. The van der Waals surface area contributed by atoms with Gasteiger partial charge in [0.2, 0.25) is 9.92 Å². The molecule has 7 aromatic rings. The maximum Gasteiger partial charge on any atom is 0.235 e. The Balaban J connectivity index is 1.28. The SMILES string of the molecule is c1cc(-c2nn3c(-c4ccncc4)nnc3s2)nc(-c2nn3c(-c4ccncc4)nnc3s2)c1. The van der Waals surface area contributed by atoms with Crippen molar-refractivity contribution in [1.82, 2.24) is 54.6 Å². The Morgan fingerprint density at radius 1 is 0.559 bits per heavy atom. The van der Waals surface area contributed by atoms with Crippen LogP contribution < -0.4 is 0 Å². The molecule has 0 spiro atoms. The molecule has 11 nitrogen and oxygen atoms in total. The van der Waals surface area contributed by atoms with E-state index in [-0.39, 0.29) is 0 Å². The van der Waals surface area contributed by atoms with Crippen LogP contribution in [-0.2, 0) is 0 Å². The number of rotatable bonds is 4. The third-order valence-corrected chi connectivity index (χ3v) is 6.89. The van der Waals surface area contributed by atoms with Gasteiger partial charge in [-0.15, -0.1) is 20.4 Å². The molecule has 13 heteroatoms. The second-order valence-electron chi connectivity index (χ2n) is 7.13. The minimum absolute atomic E-state index is 0.661. The van der Waals surface area contributed by atoms with Crippen molar-refractivity contribution in [3.63, 3.8) is 0 Å². The normalized spacial score (nSPS) is 11.5. The molecule has 0 amide bonds. The maximum atomic E-state index is 4.82. The van der Waals surface area contributed by atoms with Crippen molar-refractivity contribution in [2.75, 3.05) is 0 Å². The first-order valence-corrected chi connectivity index (χ1v) is 11.7. The van der Waals surface area contributed by atoms with Crippen LogP contribution in [0.2, 0.25) is 0 Å². The average molecular weight is 482 g/mol. The maximum absolute atomic E-state index is 4.82. The van der Waals surface area contributed by atoms with E-state index in [1.54, 1.807) is 33.8 Å². The third kappa shape index (κ3) is 3.06. The van der Waals surface area contributed by atoms with E-state index in [0.29, 0.717) is 21.6 Å². The molecule has 0 atom stereocenters. The Kier molecular flexibility index (Phi) is 4.22. The van der Waals surface area contributed by atoms with Gasteiger partial charge in [-0.25, -0.2) is 4.98 Å². The van der Waals surface area contributed by atoms with Gasteiger partial charge in [-0.05, 0) is 36.4 Å². The van der Waals surface area contributed by atoms with Gasteiger partial charge in [0.1, 0.15) is 11.4 Å². The van der Waals surface area contributed by atoms with Gasteiger partial charge >= 0.3 is 0 Å². The zero-order chi connectivity index (χ0) is 22.5. The van der Waals surface area contributed by atoms with Crippen LogP contribution in [0.4, 0.5) is 0 Å². The van der Waals surface area contributed by atoms with E-state index in [1.165, 1.54) is 22.7 Å². The van der Waals surface area contributed by atoms with Crippen LogP contribution in [0.1, 0.15) is 0 Å². The van der Waals surface area contributed by atoms with Crippen LogP contribution >= 0.6 is 22.7 Å². The van der Waals surface area contributed by atoms with Crippen molar-refractivity contribution in [3.05, 3.63) is 67.3 Å². The quantitative estimate of drug-likeness (QED) is 0.371. The molecule has 7 rings (SSSR count). The summed E-state index contributed by atoms with van der Waals surface area (Å²) in [5, 5.41) is 28.0. The monoisotopic (exact) mass is 481 g/mol. The lowest BCUT2D eigenvalue weighted by atomic mass is 10.2. The number of aromatic nitrogens is 11. The van der Waals surface area contributed by atoms with Crippen molar-refractivity contribution in [2.24, 2.45) is 0 Å². The average Bonchev–Trinajstić information content (AvgIpc) is 3.65. The predicted octanol–water partition coefficient (Wildman–Crippen LogP) is 3.54. The fraction of sp³-hybridized carbons (Fsp3) is 0. The standard InChI is InChI=1S/C21H11N11S2/c1-2-14(18-29-31-16(25-27-20(31)33-18)12-4-8-22-9-5-12)24-15(3-1)19-30-32-17(26-28-21(32)34-19)13-6-10-23-11-7-13/h1-11H. The minimum Gasteiger partial charge on any atom is -0.265 e. The van der Waals surface area contributed by atoms with Crippen LogP contribution in [0.3, 0.4) is 0 Å². The van der Waals surface area contributed by atoms with Crippen molar-refractivity contribution < 1.29 is 0 Å². The third-order valence-electron chi connectivity index (χ3n) is 5.05. The fourth-order valence-electron chi connectivity index (χ4n) is 3.48. The molecular formula is C21H11N11S2. The molecule has 0 unspecified atom stereocenters. The molecule has 0 aliphatic rings. The molecule has 162 valence electrons. The van der Waals surface area contributed by atoms with Gasteiger partial charge in [0.15, 0.2) is 21.7 Å². The summed E-state index contributed by atoms with van der Waals surface area (Å²) in [6, 6.07) is 13.3. The molecule has 0 radical (unpaired) electrons. The van der Waals surface area contributed by atoms with Crippen molar-refractivity contribution >= 4 is 32.6 Å². The van der Waals surface area contributed by atoms with Crippen molar-refractivity contribution in [2.45, 2.75) is 0 Å². The van der Waals surface area contributed by atoms with E-state index < -0.39 is 0 Å². The molecule has 0 aromatic carbocycles. The number of nitrogens with zero attached hydrogens (tertiary/aromatic N) is 11. The van der Waals surface area contributed by atoms with Gasteiger partial charge in [0, 0.05) is 35.9 Å². The van der Waals surface area contributed by atoms with E-state index in [0.717, 1.165) is 32.5 Å². The Hall–Kier alpha value is -4.49. The molecule has 0 fully saturated rings. The highest BCUT2D eigenvalue weighted by Crippen LogP contribution is 2.31. The zero-order valence-electron chi connectivity index (χ0n) is 17.1. The second-order valence-corrected chi connectivity index (χ2v) is 9.04. The molecule has 0 aliphatic carbocycles. The summed E-state index contributed by atoms with van der Waals surface area (Å²) in [7, 11) is 0. The Bertz CT molecular complexity index is 1640. The van der Waals surface area contributed by atoms with Crippen LogP contribution in [-0.4, -0.2) is 54.6 Å². The molecule has 0 saturated carbocycles. The highest BCUT2D eigenvalue weighted by Gasteiger charge is 2.18. The molecule has 0 bridgehead atoms. The van der Waals surface area contributed by atoms with E-state index >= 15 is 0 Å². The zero-order valence-corrected chi connectivity index (χ0v) is 18.7. The second kappa shape index (κ2) is 7.54. The van der Waals surface area contributed by atoms with Gasteiger partial charge in [0.05, 0.1) is 0 Å². The summed E-state index contributed by atoms with van der Waals surface area (Å²) in [6.45, 7) is 0. The molecule has 0 N–H and O–H groups in total. The van der Waals surface area contributed by atoms with Gasteiger partial charge in [-0.3, -0.25) is 9.97 Å². The van der Waals surface area contributed by atoms with Gasteiger partial charge in [0.25, 0.3) is 0 Å². The summed E-state index contributed by atoms with van der Waals surface area (Å²) >= 11 is 2.85. The molecule has 7 aromatic heterocycles. The predicted molar refractivity (Wildman–Crippen MR) is 126 cm³/mol. The summed E-state index contributed by atoms with van der Waals surface area (Å²) in [4.78, 5) is 14.3. The number of fused-ring (bicyclic) bond motifs is 2. The summed E-state index contributed by atoms with van der Waals surface area (Å²) in [6.07, 6.45) is 6.87. The van der Waals surface area contributed by atoms with E-state index in [1.807, 2.05) is 42.5 Å². The molecule has 34 heavy (non-hydrogen) atoms. The smallest absolute Gasteiger partial charge is 0.235 e. The lowest BCUT2D eigenvalue weighted by Gasteiger charge is -1.99. The Labute approximate surface area is 198 Å². The fourth-order valence-corrected chi connectivity index (χ4v) is 5.09. The summed E-state index contributed by atoms with van der Waals surface area (Å²) in [5.74, 6) is 1.32. The Morgan fingerprint density at radius 2 is 1.03 bits per heavy atom. The lowest BCUT2D eigenvalue weighted by Crippen LogP contribution is -1.93. The number of pyridine rings is 3. The van der Waals surface area contributed by atoms with Gasteiger partial charge in [-0.2, -0.15) is 19.2 Å². The number of hydrogen-bond acceptors (Lipinski definition) is 11. The molecule has 0 aliphatic heterocycles. The summed E-state index contributed by atoms with van der Waals surface area (Å²) < 4.78 is 3.46. The first kappa shape index (κ1) is 19.0. The Morgan fingerprint density at radius 3 is 1.50 bits per heavy atom. The largest absolute Gasteiger partial charge is 0.265 e.